The van der Waals surface area contributed by atoms with Gasteiger partial charge >= 0.3 is 0 Å². The lowest BCUT2D eigenvalue weighted by Crippen LogP contribution is -2.34. The lowest BCUT2D eigenvalue weighted by Gasteiger charge is -2.37. The molecule has 1 aliphatic rings. The molecule has 0 radical (unpaired) electrons. The van der Waals surface area contributed by atoms with Crippen LogP contribution in [0.15, 0.2) is 45.3 Å². The first-order valence-electron chi connectivity index (χ1n) is 6.69. The van der Waals surface area contributed by atoms with E-state index in [1.54, 1.807) is 0 Å². The summed E-state index contributed by atoms with van der Waals surface area (Å²) in [5.41, 5.74) is 2.22. The van der Waals surface area contributed by atoms with E-state index in [-0.39, 0.29) is 0 Å². The van der Waals surface area contributed by atoms with Crippen molar-refractivity contribution in [2.45, 2.75) is 24.8 Å². The zero-order valence-corrected chi connectivity index (χ0v) is 15.7. The molecule has 0 bridgehead atoms. The molecule has 0 atom stereocenters. The van der Waals surface area contributed by atoms with Crippen molar-refractivity contribution >= 4 is 60.7 Å². The molecule has 1 N–H and O–H groups in total. The van der Waals surface area contributed by atoms with Gasteiger partial charge in [-0.1, -0.05) is 67.2 Å². The lowest BCUT2D eigenvalue weighted by atomic mass is 9.76. The molecule has 2 aromatic rings. The molecular weight excluding hydrogens is 437 g/mol. The van der Waals surface area contributed by atoms with Crippen molar-refractivity contribution in [3.05, 3.63) is 61.0 Å². The van der Waals surface area contributed by atoms with E-state index in [0.29, 0.717) is 22.0 Å². The Morgan fingerprint density at radius 3 is 2.24 bits per heavy atom. The highest BCUT2D eigenvalue weighted by atomic mass is 79.9. The number of rotatable bonds is 3. The second kappa shape index (κ2) is 6.49. The fraction of sp³-hybridized carbons (Fsp3) is 0.250. The van der Waals surface area contributed by atoms with Gasteiger partial charge in [0.05, 0.1) is 15.7 Å². The summed E-state index contributed by atoms with van der Waals surface area (Å²) in [7, 11) is 0. The van der Waals surface area contributed by atoms with Crippen molar-refractivity contribution in [3.8, 4) is 0 Å². The average molecular weight is 450 g/mol. The van der Waals surface area contributed by atoms with Crippen molar-refractivity contribution in [2.75, 3.05) is 5.32 Å². The van der Waals surface area contributed by atoms with Gasteiger partial charge in [0, 0.05) is 15.0 Å². The number of halogens is 4. The van der Waals surface area contributed by atoms with Crippen LogP contribution in [0.1, 0.15) is 24.3 Å². The normalized spacial score (nSPS) is 21.0. The molecule has 21 heavy (non-hydrogen) atoms. The molecule has 110 valence electrons. The Morgan fingerprint density at radius 2 is 1.62 bits per heavy atom. The topological polar surface area (TPSA) is 12.0 Å². The van der Waals surface area contributed by atoms with E-state index in [1.165, 1.54) is 5.56 Å². The molecular formula is C16H13Br2Cl2N. The minimum Gasteiger partial charge on any atom is -0.380 e. The Morgan fingerprint density at radius 1 is 0.952 bits per heavy atom. The lowest BCUT2D eigenvalue weighted by molar-refractivity contribution is 0.374. The monoisotopic (exact) mass is 447 g/mol. The van der Waals surface area contributed by atoms with Gasteiger partial charge in [0.2, 0.25) is 0 Å². The van der Waals surface area contributed by atoms with Crippen LogP contribution in [0.25, 0.3) is 0 Å². The Hall–Kier alpha value is -0.220. The molecule has 0 amide bonds. The third-order valence-electron chi connectivity index (χ3n) is 3.81. The highest BCUT2D eigenvalue weighted by Crippen LogP contribution is 2.42. The first-order valence-corrected chi connectivity index (χ1v) is 9.03. The molecule has 0 saturated heterocycles. The summed E-state index contributed by atoms with van der Waals surface area (Å²) >= 11 is 19.4. The van der Waals surface area contributed by atoms with E-state index < -0.39 is 0 Å². The first kappa shape index (κ1) is 15.7. The highest BCUT2D eigenvalue weighted by Gasteiger charge is 2.31. The molecule has 2 aromatic carbocycles. The van der Waals surface area contributed by atoms with Gasteiger partial charge in [0.1, 0.15) is 0 Å². The Balaban J connectivity index is 1.65. The van der Waals surface area contributed by atoms with Gasteiger partial charge in [-0.15, -0.1) is 0 Å². The van der Waals surface area contributed by atoms with E-state index in [0.717, 1.165) is 27.5 Å². The predicted octanol–water partition coefficient (Wildman–Crippen LogP) is 6.88. The van der Waals surface area contributed by atoms with Gasteiger partial charge in [0.25, 0.3) is 0 Å². The van der Waals surface area contributed by atoms with Crippen molar-refractivity contribution in [2.24, 2.45) is 0 Å². The van der Waals surface area contributed by atoms with Crippen LogP contribution >= 0.6 is 55.1 Å². The Bertz CT molecular complexity index is 646. The predicted molar refractivity (Wildman–Crippen MR) is 97.7 cm³/mol. The number of benzene rings is 2. The number of hydrogen-bond donors (Lipinski definition) is 1. The van der Waals surface area contributed by atoms with Gasteiger partial charge in [-0.25, -0.2) is 0 Å². The minimum atomic E-state index is 0.421. The second-order valence-electron chi connectivity index (χ2n) is 5.31. The van der Waals surface area contributed by atoms with Crippen molar-refractivity contribution in [1.29, 1.82) is 0 Å². The molecule has 3 rings (SSSR count). The van der Waals surface area contributed by atoms with E-state index in [2.05, 4.69) is 61.4 Å². The summed E-state index contributed by atoms with van der Waals surface area (Å²) in [6, 6.07) is 12.7. The van der Waals surface area contributed by atoms with Crippen LogP contribution in [0, 0.1) is 0 Å². The smallest absolute Gasteiger partial charge is 0.0721 e. The number of nitrogens with one attached hydrogen (secondary N) is 1. The van der Waals surface area contributed by atoms with Gasteiger partial charge in [-0.05, 0) is 48.6 Å². The third kappa shape index (κ3) is 3.58. The zero-order valence-electron chi connectivity index (χ0n) is 11.0. The van der Waals surface area contributed by atoms with Crippen LogP contribution in [-0.4, -0.2) is 6.04 Å². The average Bonchev–Trinajstić information content (AvgIpc) is 2.35. The van der Waals surface area contributed by atoms with Crippen LogP contribution in [-0.2, 0) is 0 Å². The summed E-state index contributed by atoms with van der Waals surface area (Å²) in [6.45, 7) is 0. The molecule has 0 heterocycles. The van der Waals surface area contributed by atoms with Crippen LogP contribution in [0.5, 0.6) is 0 Å². The van der Waals surface area contributed by atoms with Crippen LogP contribution in [0.2, 0.25) is 10.0 Å². The summed E-state index contributed by atoms with van der Waals surface area (Å²) in [5, 5.41) is 4.77. The standard InChI is InChI=1S/C16H13Br2Cl2N/c17-11-3-1-2-9(4-11)10-5-13(6-10)21-16-14(19)7-12(18)8-15(16)20/h1-4,7-8,10,13,21H,5-6H2. The first-order chi connectivity index (χ1) is 10.0. The van der Waals surface area contributed by atoms with E-state index >= 15 is 0 Å². The molecule has 1 aliphatic carbocycles. The molecule has 0 unspecified atom stereocenters. The van der Waals surface area contributed by atoms with E-state index in [4.69, 9.17) is 23.2 Å². The maximum Gasteiger partial charge on any atom is 0.0721 e. The minimum absolute atomic E-state index is 0.421. The fourth-order valence-corrected chi connectivity index (χ4v) is 4.39. The van der Waals surface area contributed by atoms with Crippen LogP contribution in [0.3, 0.4) is 0 Å². The number of hydrogen-bond acceptors (Lipinski definition) is 1. The van der Waals surface area contributed by atoms with Crippen molar-refractivity contribution < 1.29 is 0 Å². The van der Waals surface area contributed by atoms with Gasteiger partial charge in [0.15, 0.2) is 0 Å². The quantitative estimate of drug-likeness (QED) is 0.538. The summed E-state index contributed by atoms with van der Waals surface area (Å²) < 4.78 is 2.03. The summed E-state index contributed by atoms with van der Waals surface area (Å²) in [6.07, 6.45) is 2.19. The number of anilines is 1. The van der Waals surface area contributed by atoms with Crippen molar-refractivity contribution in [1.82, 2.24) is 0 Å². The third-order valence-corrected chi connectivity index (χ3v) is 5.36. The molecule has 0 spiro atoms. The highest BCUT2D eigenvalue weighted by molar-refractivity contribution is 9.10. The van der Waals surface area contributed by atoms with Gasteiger partial charge in [-0.2, -0.15) is 0 Å². The summed E-state index contributed by atoms with van der Waals surface area (Å²) in [5.74, 6) is 0.605. The molecule has 1 saturated carbocycles. The van der Waals surface area contributed by atoms with Crippen LogP contribution in [0.4, 0.5) is 5.69 Å². The zero-order chi connectivity index (χ0) is 15.0. The Labute approximate surface area is 151 Å². The molecule has 0 aliphatic heterocycles. The molecule has 1 nitrogen and oxygen atoms in total. The van der Waals surface area contributed by atoms with Crippen molar-refractivity contribution in [3.63, 3.8) is 0 Å². The largest absolute Gasteiger partial charge is 0.380 e. The summed E-state index contributed by atoms with van der Waals surface area (Å²) in [4.78, 5) is 0. The molecule has 1 fully saturated rings. The van der Waals surface area contributed by atoms with E-state index in [9.17, 15) is 0 Å². The Kier molecular flexibility index (Phi) is 4.84. The van der Waals surface area contributed by atoms with Gasteiger partial charge in [-0.3, -0.25) is 0 Å². The molecule has 5 heteroatoms. The van der Waals surface area contributed by atoms with Crippen LogP contribution < -0.4 is 5.32 Å². The van der Waals surface area contributed by atoms with E-state index in [1.807, 2.05) is 12.1 Å². The second-order valence-corrected chi connectivity index (χ2v) is 7.95. The van der Waals surface area contributed by atoms with Gasteiger partial charge < -0.3 is 5.32 Å². The maximum atomic E-state index is 6.25. The maximum absolute atomic E-state index is 6.25. The fourth-order valence-electron chi connectivity index (χ4n) is 2.65. The molecule has 0 aromatic heterocycles. The SMILES string of the molecule is Clc1cc(Br)cc(Cl)c1NC1CC(c2cccc(Br)c2)C1.